The molecular formula is C30H38O8. The molecule has 206 valence electrons. The molecule has 0 unspecified atom stereocenters. The van der Waals surface area contributed by atoms with E-state index in [1.54, 1.807) is 38.1 Å². The SMILES string of the molecule is COc1cc(C)c(C(=O)O[C@H]2C(C)=C[C@]34C(=O)[C@@H](C=C(CO)[C@@H](O)[C@]23O)[C@@H]2[C@@H](C[C@H]4C)C2(C)C)c(OC)c1. The van der Waals surface area contributed by atoms with Crippen LogP contribution < -0.4 is 9.47 Å². The molecule has 1 spiro atoms. The van der Waals surface area contributed by atoms with Crippen molar-refractivity contribution in [2.75, 3.05) is 20.8 Å². The van der Waals surface area contributed by atoms with Gasteiger partial charge in [-0.05, 0) is 66.2 Å². The molecule has 2 bridgehead atoms. The van der Waals surface area contributed by atoms with Crippen molar-refractivity contribution in [1.82, 2.24) is 0 Å². The number of allylic oxidation sites excluding steroid dienone is 1. The standard InChI is InChI=1S/C30H38O8/c1-14-8-18(36-6)11-21(37-7)22(14)27(34)38-26-15(2)12-29-16(3)9-20-23(28(20,4)5)19(25(29)33)10-17(13-31)24(32)30(26,29)35/h8,10-12,16,19-20,23-24,26,31-32,35H,9,13H2,1-7H3/t16-,19+,20-,23-,24-,26+,29+,30+/m1/s1. The minimum Gasteiger partial charge on any atom is -0.497 e. The maximum absolute atomic E-state index is 14.5. The molecular weight excluding hydrogens is 488 g/mol. The van der Waals surface area contributed by atoms with E-state index in [2.05, 4.69) is 13.8 Å². The second-order valence-corrected chi connectivity index (χ2v) is 12.2. The van der Waals surface area contributed by atoms with Gasteiger partial charge in [0.05, 0.1) is 26.2 Å². The molecule has 4 aliphatic carbocycles. The molecule has 2 saturated carbocycles. The lowest BCUT2D eigenvalue weighted by Crippen LogP contribution is -2.65. The number of Topliss-reactive ketones (excluding diaryl/α,β-unsaturated/α-hetero) is 1. The molecule has 0 saturated heterocycles. The van der Waals surface area contributed by atoms with E-state index in [1.807, 2.05) is 6.92 Å². The maximum atomic E-state index is 14.5. The smallest absolute Gasteiger partial charge is 0.342 e. The topological polar surface area (TPSA) is 123 Å². The van der Waals surface area contributed by atoms with Crippen molar-refractivity contribution in [3.8, 4) is 11.5 Å². The third-order valence-corrected chi connectivity index (χ3v) is 10.1. The number of benzene rings is 1. The van der Waals surface area contributed by atoms with Gasteiger partial charge in [0.2, 0.25) is 0 Å². The van der Waals surface area contributed by atoms with E-state index in [1.165, 1.54) is 14.2 Å². The van der Waals surface area contributed by atoms with Crippen LogP contribution in [0, 0.1) is 41.4 Å². The number of methoxy groups -OCH3 is 2. The van der Waals surface area contributed by atoms with E-state index in [-0.39, 0.29) is 45.8 Å². The lowest BCUT2D eigenvalue weighted by molar-refractivity contribution is -0.190. The minimum atomic E-state index is -2.19. The zero-order chi connectivity index (χ0) is 27.9. The van der Waals surface area contributed by atoms with Gasteiger partial charge in [0.25, 0.3) is 0 Å². The Balaban J connectivity index is 1.62. The van der Waals surface area contributed by atoms with Gasteiger partial charge >= 0.3 is 5.97 Å². The first-order valence-electron chi connectivity index (χ1n) is 13.2. The Morgan fingerprint density at radius 2 is 1.84 bits per heavy atom. The Bertz CT molecular complexity index is 1260. The predicted molar refractivity (Wildman–Crippen MR) is 139 cm³/mol. The minimum absolute atomic E-state index is 0.0504. The Labute approximate surface area is 223 Å². The number of esters is 1. The fraction of sp³-hybridized carbons (Fsp3) is 0.600. The van der Waals surface area contributed by atoms with Crippen LogP contribution in [0.3, 0.4) is 0 Å². The number of hydrogen-bond acceptors (Lipinski definition) is 8. The van der Waals surface area contributed by atoms with Crippen molar-refractivity contribution in [3.05, 3.63) is 46.6 Å². The highest BCUT2D eigenvalue weighted by Crippen LogP contribution is 2.71. The van der Waals surface area contributed by atoms with Crippen molar-refractivity contribution >= 4 is 11.8 Å². The molecule has 1 aromatic carbocycles. The molecule has 4 aliphatic rings. The fourth-order valence-electron chi connectivity index (χ4n) is 8.02. The van der Waals surface area contributed by atoms with Gasteiger partial charge in [-0.15, -0.1) is 0 Å². The van der Waals surface area contributed by atoms with E-state index < -0.39 is 41.7 Å². The lowest BCUT2D eigenvalue weighted by Gasteiger charge is -2.48. The normalized spacial score (nSPS) is 38.6. The van der Waals surface area contributed by atoms with Crippen molar-refractivity contribution in [2.45, 2.75) is 58.8 Å². The summed E-state index contributed by atoms with van der Waals surface area (Å²) in [5, 5.41) is 34.5. The van der Waals surface area contributed by atoms with Gasteiger partial charge in [-0.1, -0.05) is 32.9 Å². The van der Waals surface area contributed by atoms with E-state index in [0.29, 0.717) is 23.3 Å². The predicted octanol–water partition coefficient (Wildman–Crippen LogP) is 3.01. The average molecular weight is 527 g/mol. The molecule has 3 N–H and O–H groups in total. The third kappa shape index (κ3) is 3.26. The highest BCUT2D eigenvalue weighted by molar-refractivity contribution is 5.97. The molecule has 2 fully saturated rings. The number of aryl methyl sites for hydroxylation is 1. The van der Waals surface area contributed by atoms with Gasteiger partial charge in [-0.2, -0.15) is 0 Å². The number of ketones is 1. The second-order valence-electron chi connectivity index (χ2n) is 12.2. The number of hydrogen-bond donors (Lipinski definition) is 3. The van der Waals surface area contributed by atoms with Gasteiger partial charge in [0.1, 0.15) is 23.2 Å². The summed E-state index contributed by atoms with van der Waals surface area (Å²) >= 11 is 0. The first-order chi connectivity index (χ1) is 17.8. The van der Waals surface area contributed by atoms with E-state index in [0.717, 1.165) is 0 Å². The van der Waals surface area contributed by atoms with Crippen LogP contribution in [0.2, 0.25) is 0 Å². The number of carbonyl (C=O) groups excluding carboxylic acids is 2. The van der Waals surface area contributed by atoms with Crippen LogP contribution in [0.1, 0.15) is 50.0 Å². The third-order valence-electron chi connectivity index (χ3n) is 10.1. The van der Waals surface area contributed by atoms with Crippen LogP contribution in [0.15, 0.2) is 35.4 Å². The van der Waals surface area contributed by atoms with Gasteiger partial charge < -0.3 is 29.5 Å². The second kappa shape index (κ2) is 8.66. The molecule has 0 radical (unpaired) electrons. The molecule has 38 heavy (non-hydrogen) atoms. The number of ether oxygens (including phenoxy) is 3. The van der Waals surface area contributed by atoms with Crippen LogP contribution >= 0.6 is 0 Å². The van der Waals surface area contributed by atoms with E-state index in [9.17, 15) is 24.9 Å². The monoisotopic (exact) mass is 526 g/mol. The van der Waals surface area contributed by atoms with Gasteiger partial charge in [0.15, 0.2) is 17.5 Å². The summed E-state index contributed by atoms with van der Waals surface area (Å²) in [5.41, 5.74) is -2.38. The average Bonchev–Trinajstić information content (AvgIpc) is 3.36. The van der Waals surface area contributed by atoms with Crippen molar-refractivity contribution < 1.29 is 39.1 Å². The molecule has 8 heteroatoms. The largest absolute Gasteiger partial charge is 0.497 e. The van der Waals surface area contributed by atoms with E-state index >= 15 is 0 Å². The Morgan fingerprint density at radius 3 is 2.45 bits per heavy atom. The van der Waals surface area contributed by atoms with Crippen molar-refractivity contribution in [1.29, 1.82) is 0 Å². The molecule has 0 amide bonds. The number of fused-ring (bicyclic) bond motifs is 3. The summed E-state index contributed by atoms with van der Waals surface area (Å²) in [5.74, 6) is -0.781. The van der Waals surface area contributed by atoms with Gasteiger partial charge in [-0.25, -0.2) is 4.79 Å². The number of carbonyl (C=O) groups is 2. The summed E-state index contributed by atoms with van der Waals surface area (Å²) in [7, 11) is 2.94. The number of aliphatic hydroxyl groups is 3. The lowest BCUT2D eigenvalue weighted by atomic mass is 9.59. The fourth-order valence-corrected chi connectivity index (χ4v) is 8.02. The van der Waals surface area contributed by atoms with Gasteiger partial charge in [-0.3, -0.25) is 4.79 Å². The first-order valence-corrected chi connectivity index (χ1v) is 13.2. The molecule has 1 aromatic rings. The molecule has 0 aromatic heterocycles. The van der Waals surface area contributed by atoms with Crippen molar-refractivity contribution in [2.24, 2.45) is 34.5 Å². The number of aliphatic hydroxyl groups excluding tert-OH is 2. The highest BCUT2D eigenvalue weighted by atomic mass is 16.6. The molecule has 0 aliphatic heterocycles. The summed E-state index contributed by atoms with van der Waals surface area (Å²) in [6.07, 6.45) is 1.13. The summed E-state index contributed by atoms with van der Waals surface area (Å²) in [4.78, 5) is 28.1. The van der Waals surface area contributed by atoms with Gasteiger partial charge in [0, 0.05) is 12.0 Å². The van der Waals surface area contributed by atoms with Crippen LogP contribution in [-0.2, 0) is 9.53 Å². The first kappa shape index (κ1) is 26.9. The Hall–Kier alpha value is -2.68. The summed E-state index contributed by atoms with van der Waals surface area (Å²) in [6.45, 7) is 9.11. The Kier molecular flexibility index (Phi) is 6.13. The highest BCUT2D eigenvalue weighted by Gasteiger charge is 2.76. The Morgan fingerprint density at radius 1 is 1.16 bits per heavy atom. The molecule has 5 rings (SSSR count). The summed E-state index contributed by atoms with van der Waals surface area (Å²) in [6, 6.07) is 3.25. The summed E-state index contributed by atoms with van der Waals surface area (Å²) < 4.78 is 16.7. The van der Waals surface area contributed by atoms with Crippen LogP contribution in [0.5, 0.6) is 11.5 Å². The molecule has 0 heterocycles. The maximum Gasteiger partial charge on any atom is 0.342 e. The van der Waals surface area contributed by atoms with Crippen LogP contribution in [0.25, 0.3) is 0 Å². The van der Waals surface area contributed by atoms with Crippen LogP contribution in [0.4, 0.5) is 0 Å². The zero-order valence-corrected chi connectivity index (χ0v) is 23.1. The number of rotatable bonds is 5. The molecule has 8 atom stereocenters. The van der Waals surface area contributed by atoms with Crippen LogP contribution in [-0.4, -0.2) is 65.7 Å². The zero-order valence-electron chi connectivity index (χ0n) is 23.1. The quantitative estimate of drug-likeness (QED) is 0.395. The van der Waals surface area contributed by atoms with E-state index in [4.69, 9.17) is 14.2 Å². The molecule has 8 nitrogen and oxygen atoms in total. The van der Waals surface area contributed by atoms with Crippen molar-refractivity contribution in [3.63, 3.8) is 0 Å².